The van der Waals surface area contributed by atoms with Crippen LogP contribution in [0.5, 0.6) is 0 Å². The van der Waals surface area contributed by atoms with Crippen molar-refractivity contribution in [3.63, 3.8) is 0 Å². The maximum absolute atomic E-state index is 12.1. The van der Waals surface area contributed by atoms with Crippen LogP contribution < -0.4 is 5.32 Å². The highest BCUT2D eigenvalue weighted by atomic mass is 16.1. The number of carbonyl (C=O) groups is 1. The predicted molar refractivity (Wildman–Crippen MR) is 103 cm³/mol. The number of carbonyl (C=O) groups excluding carboxylic acids is 1. The van der Waals surface area contributed by atoms with Crippen LogP contribution in [-0.2, 0) is 4.79 Å². The van der Waals surface area contributed by atoms with E-state index in [-0.39, 0.29) is 18.2 Å². The first-order valence-corrected chi connectivity index (χ1v) is 10.3. The Balaban J connectivity index is 2.03. The highest BCUT2D eigenvalue weighted by molar-refractivity contribution is 5.76. The summed E-state index contributed by atoms with van der Waals surface area (Å²) in [4.78, 5) is 18.9. The minimum absolute atomic E-state index is 0.0788. The smallest absolute Gasteiger partial charge is 0.221 e. The molecule has 1 heterocycles. The molecule has 0 aromatic carbocycles. The first-order valence-electron chi connectivity index (χ1n) is 10.3. The molecule has 1 aliphatic rings. The Morgan fingerprint density at radius 1 is 1.08 bits per heavy atom. The van der Waals surface area contributed by atoms with Gasteiger partial charge in [-0.25, -0.2) is 0 Å². The van der Waals surface area contributed by atoms with Gasteiger partial charge in [-0.15, -0.1) is 0 Å². The summed E-state index contributed by atoms with van der Waals surface area (Å²) in [7, 11) is 0. The standard InChI is InChI=1S/C20H39N3O/c1-4-6-7-8-9-10-11-12-13-15-20(24)22-18(3)23-17-16-21-19(23)14-5-2/h16,18-19H,4-15,17H2,1-3H3,(H,22,24). The van der Waals surface area contributed by atoms with E-state index in [1.165, 1.54) is 51.4 Å². The van der Waals surface area contributed by atoms with Crippen molar-refractivity contribution in [1.82, 2.24) is 10.2 Å². The van der Waals surface area contributed by atoms with Gasteiger partial charge in [0.1, 0.15) is 6.17 Å². The van der Waals surface area contributed by atoms with E-state index < -0.39 is 0 Å². The molecule has 0 spiro atoms. The van der Waals surface area contributed by atoms with Crippen molar-refractivity contribution < 1.29 is 4.79 Å². The summed E-state index contributed by atoms with van der Waals surface area (Å²) in [5.74, 6) is 0.188. The summed E-state index contributed by atoms with van der Waals surface area (Å²) in [6, 6.07) is 0. The van der Waals surface area contributed by atoms with E-state index in [0.717, 1.165) is 25.8 Å². The molecule has 0 saturated carbocycles. The number of aliphatic imine (C=N–C) groups is 1. The van der Waals surface area contributed by atoms with Gasteiger partial charge >= 0.3 is 0 Å². The molecule has 0 fully saturated rings. The highest BCUT2D eigenvalue weighted by Crippen LogP contribution is 2.15. The zero-order valence-electron chi connectivity index (χ0n) is 16.2. The SMILES string of the molecule is CCCCCCCCCCCC(=O)NC(C)N1CC=NC1CCC. The van der Waals surface area contributed by atoms with E-state index in [1.54, 1.807) is 0 Å². The molecule has 4 nitrogen and oxygen atoms in total. The van der Waals surface area contributed by atoms with Gasteiger partial charge in [0.2, 0.25) is 5.91 Å². The molecule has 2 atom stereocenters. The lowest BCUT2D eigenvalue weighted by atomic mass is 10.1. The van der Waals surface area contributed by atoms with Gasteiger partial charge < -0.3 is 5.32 Å². The number of unbranched alkanes of at least 4 members (excludes halogenated alkanes) is 8. The second-order valence-corrected chi connectivity index (χ2v) is 7.12. The number of rotatable bonds is 14. The number of hydrogen-bond acceptors (Lipinski definition) is 3. The third-order valence-corrected chi connectivity index (χ3v) is 4.87. The van der Waals surface area contributed by atoms with Gasteiger partial charge in [0, 0.05) is 19.2 Å². The molecule has 0 aliphatic carbocycles. The van der Waals surface area contributed by atoms with Crippen molar-refractivity contribution >= 4 is 12.1 Å². The highest BCUT2D eigenvalue weighted by Gasteiger charge is 2.25. The molecule has 4 heteroatoms. The molecule has 140 valence electrons. The van der Waals surface area contributed by atoms with Crippen molar-refractivity contribution in [2.24, 2.45) is 4.99 Å². The van der Waals surface area contributed by atoms with E-state index in [9.17, 15) is 4.79 Å². The van der Waals surface area contributed by atoms with Crippen LogP contribution in [0, 0.1) is 0 Å². The number of hydrogen-bond donors (Lipinski definition) is 1. The minimum atomic E-state index is 0.0788. The van der Waals surface area contributed by atoms with Crippen molar-refractivity contribution in [3.05, 3.63) is 0 Å². The van der Waals surface area contributed by atoms with Crippen LogP contribution in [0.3, 0.4) is 0 Å². The number of amides is 1. The molecular weight excluding hydrogens is 298 g/mol. The summed E-state index contributed by atoms with van der Waals surface area (Å²) < 4.78 is 0. The summed E-state index contributed by atoms with van der Waals surface area (Å²) in [6.07, 6.45) is 16.8. The molecule has 0 aromatic rings. The van der Waals surface area contributed by atoms with Crippen LogP contribution in [0.1, 0.15) is 97.8 Å². The fraction of sp³-hybridized carbons (Fsp3) is 0.900. The van der Waals surface area contributed by atoms with Gasteiger partial charge in [-0.3, -0.25) is 14.7 Å². The Morgan fingerprint density at radius 3 is 2.33 bits per heavy atom. The molecule has 1 N–H and O–H groups in total. The van der Waals surface area contributed by atoms with Crippen molar-refractivity contribution in [2.75, 3.05) is 6.54 Å². The van der Waals surface area contributed by atoms with E-state index in [4.69, 9.17) is 0 Å². The van der Waals surface area contributed by atoms with Crippen LogP contribution in [-0.4, -0.2) is 35.9 Å². The summed E-state index contributed by atoms with van der Waals surface area (Å²) >= 11 is 0. The molecule has 24 heavy (non-hydrogen) atoms. The maximum atomic E-state index is 12.1. The zero-order chi connectivity index (χ0) is 17.6. The third kappa shape index (κ3) is 8.81. The summed E-state index contributed by atoms with van der Waals surface area (Å²) in [6.45, 7) is 7.36. The van der Waals surface area contributed by atoms with E-state index in [1.807, 2.05) is 6.21 Å². The second kappa shape index (κ2) is 13.4. The lowest BCUT2D eigenvalue weighted by Gasteiger charge is -2.29. The lowest BCUT2D eigenvalue weighted by Crippen LogP contribution is -2.48. The van der Waals surface area contributed by atoms with Crippen molar-refractivity contribution in [3.8, 4) is 0 Å². The molecule has 2 unspecified atom stereocenters. The minimum Gasteiger partial charge on any atom is -0.341 e. The van der Waals surface area contributed by atoms with Crippen LogP contribution in [0.15, 0.2) is 4.99 Å². The first-order chi connectivity index (χ1) is 11.7. The van der Waals surface area contributed by atoms with Crippen LogP contribution in [0.4, 0.5) is 0 Å². The molecule has 0 radical (unpaired) electrons. The van der Waals surface area contributed by atoms with Crippen LogP contribution in [0.25, 0.3) is 0 Å². The molecule has 1 rings (SSSR count). The van der Waals surface area contributed by atoms with Crippen LogP contribution in [0.2, 0.25) is 0 Å². The lowest BCUT2D eigenvalue weighted by molar-refractivity contribution is -0.123. The molecule has 0 saturated heterocycles. The van der Waals surface area contributed by atoms with Gasteiger partial charge in [-0.05, 0) is 19.8 Å². The summed E-state index contributed by atoms with van der Waals surface area (Å²) in [5.41, 5.74) is 0. The average Bonchev–Trinajstić information content (AvgIpc) is 3.02. The largest absolute Gasteiger partial charge is 0.341 e. The summed E-state index contributed by atoms with van der Waals surface area (Å²) in [5, 5.41) is 3.14. The van der Waals surface area contributed by atoms with E-state index in [0.29, 0.717) is 6.42 Å². The monoisotopic (exact) mass is 337 g/mol. The Morgan fingerprint density at radius 2 is 1.71 bits per heavy atom. The normalized spacial score (nSPS) is 18.9. The molecule has 0 aromatic heterocycles. The van der Waals surface area contributed by atoms with E-state index in [2.05, 4.69) is 36.0 Å². The van der Waals surface area contributed by atoms with Gasteiger partial charge in [-0.2, -0.15) is 0 Å². The Hall–Kier alpha value is -0.900. The molecular formula is C20H39N3O. The first kappa shape index (κ1) is 21.1. The van der Waals surface area contributed by atoms with Crippen LogP contribution >= 0.6 is 0 Å². The average molecular weight is 338 g/mol. The van der Waals surface area contributed by atoms with Gasteiger partial charge in [0.15, 0.2) is 0 Å². The maximum Gasteiger partial charge on any atom is 0.221 e. The van der Waals surface area contributed by atoms with E-state index >= 15 is 0 Å². The zero-order valence-corrected chi connectivity index (χ0v) is 16.2. The van der Waals surface area contributed by atoms with Gasteiger partial charge in [-0.1, -0.05) is 71.6 Å². The van der Waals surface area contributed by atoms with Crippen molar-refractivity contribution in [1.29, 1.82) is 0 Å². The quantitative estimate of drug-likeness (QED) is 0.459. The second-order valence-electron chi connectivity index (χ2n) is 7.12. The van der Waals surface area contributed by atoms with Gasteiger partial charge in [0.05, 0.1) is 6.17 Å². The Bertz CT molecular complexity index is 357. The fourth-order valence-electron chi connectivity index (χ4n) is 3.37. The number of nitrogens with zero attached hydrogens (tertiary/aromatic N) is 2. The third-order valence-electron chi connectivity index (χ3n) is 4.87. The molecule has 1 aliphatic heterocycles. The van der Waals surface area contributed by atoms with Gasteiger partial charge in [0.25, 0.3) is 0 Å². The molecule has 1 amide bonds. The van der Waals surface area contributed by atoms with Crippen molar-refractivity contribution in [2.45, 2.75) is 110 Å². The molecule has 0 bridgehead atoms. The Kier molecular flexibility index (Phi) is 11.8. The Labute approximate surface area is 149 Å². The topological polar surface area (TPSA) is 44.7 Å². The fourth-order valence-corrected chi connectivity index (χ4v) is 3.37. The number of nitrogens with one attached hydrogen (secondary N) is 1. The predicted octanol–water partition coefficient (Wildman–Crippen LogP) is 4.88.